The maximum Gasteiger partial charge on any atom is 0.240 e. The van der Waals surface area contributed by atoms with E-state index in [1.165, 1.54) is 0 Å². The van der Waals surface area contributed by atoms with E-state index in [-0.39, 0.29) is 5.41 Å². The first-order valence-electron chi connectivity index (χ1n) is 7.54. The zero-order valence-electron chi connectivity index (χ0n) is 13.4. The molecule has 1 aromatic rings. The first-order chi connectivity index (χ1) is 9.72. The number of aryl methyl sites for hydroxylation is 1. The molecule has 1 saturated carbocycles. The average molecular weight is 310 g/mol. The summed E-state index contributed by atoms with van der Waals surface area (Å²) >= 11 is 0. The van der Waals surface area contributed by atoms with Crippen LogP contribution in [0, 0.1) is 12.3 Å². The van der Waals surface area contributed by atoms with Crippen molar-refractivity contribution in [1.82, 2.24) is 10.0 Å². The van der Waals surface area contributed by atoms with Crippen molar-refractivity contribution >= 4 is 10.0 Å². The second-order valence-electron chi connectivity index (χ2n) is 6.77. The monoisotopic (exact) mass is 310 g/mol. The van der Waals surface area contributed by atoms with Crippen molar-refractivity contribution < 1.29 is 8.42 Å². The minimum Gasteiger partial charge on any atom is -0.310 e. The van der Waals surface area contributed by atoms with E-state index in [0.29, 0.717) is 24.0 Å². The lowest BCUT2D eigenvalue weighted by Gasteiger charge is -2.14. The minimum absolute atomic E-state index is 0.164. The third kappa shape index (κ3) is 4.53. The highest BCUT2D eigenvalue weighted by molar-refractivity contribution is 7.89. The zero-order chi connectivity index (χ0) is 15.7. The van der Waals surface area contributed by atoms with Gasteiger partial charge < -0.3 is 5.32 Å². The van der Waals surface area contributed by atoms with Crippen molar-refractivity contribution in [3.05, 3.63) is 29.3 Å². The Bertz CT molecular complexity index is 605. The number of sulfonamides is 1. The van der Waals surface area contributed by atoms with E-state index in [9.17, 15) is 8.42 Å². The SMILES string of the molecule is Cc1ccc(CNC(C)C)cc1S(=O)(=O)NCC1(C)CC1. The van der Waals surface area contributed by atoms with E-state index in [1.54, 1.807) is 6.07 Å². The largest absolute Gasteiger partial charge is 0.310 e. The molecule has 2 rings (SSSR count). The molecule has 0 spiro atoms. The highest BCUT2D eigenvalue weighted by Crippen LogP contribution is 2.44. The fourth-order valence-electron chi connectivity index (χ4n) is 2.10. The van der Waals surface area contributed by atoms with Gasteiger partial charge in [-0.05, 0) is 42.4 Å². The Labute approximate surface area is 128 Å². The first kappa shape index (κ1) is 16.5. The van der Waals surface area contributed by atoms with Crippen LogP contribution in [0.25, 0.3) is 0 Å². The van der Waals surface area contributed by atoms with Crippen LogP contribution >= 0.6 is 0 Å². The minimum atomic E-state index is -3.42. The topological polar surface area (TPSA) is 58.2 Å². The molecule has 1 aliphatic carbocycles. The molecular formula is C16H26N2O2S. The Kier molecular flexibility index (Phi) is 4.76. The predicted molar refractivity (Wildman–Crippen MR) is 85.7 cm³/mol. The van der Waals surface area contributed by atoms with Crippen molar-refractivity contribution in [1.29, 1.82) is 0 Å². The smallest absolute Gasteiger partial charge is 0.240 e. The molecule has 21 heavy (non-hydrogen) atoms. The Hall–Kier alpha value is -0.910. The highest BCUT2D eigenvalue weighted by Gasteiger charge is 2.38. The van der Waals surface area contributed by atoms with E-state index < -0.39 is 10.0 Å². The van der Waals surface area contributed by atoms with Gasteiger partial charge in [0.2, 0.25) is 10.0 Å². The highest BCUT2D eigenvalue weighted by atomic mass is 32.2. The summed E-state index contributed by atoms with van der Waals surface area (Å²) in [7, 11) is -3.42. The van der Waals surface area contributed by atoms with Crippen LogP contribution in [0.5, 0.6) is 0 Å². The Morgan fingerprint density at radius 1 is 1.29 bits per heavy atom. The van der Waals surface area contributed by atoms with Gasteiger partial charge in [0.05, 0.1) is 4.90 Å². The molecule has 4 nitrogen and oxygen atoms in total. The van der Waals surface area contributed by atoms with Crippen LogP contribution in [0.15, 0.2) is 23.1 Å². The Balaban J connectivity index is 2.14. The van der Waals surface area contributed by atoms with Crippen LogP contribution in [0.2, 0.25) is 0 Å². The maximum absolute atomic E-state index is 12.5. The lowest BCUT2D eigenvalue weighted by Crippen LogP contribution is -2.30. The van der Waals surface area contributed by atoms with Crippen LogP contribution in [0.4, 0.5) is 0 Å². The summed E-state index contributed by atoms with van der Waals surface area (Å²) in [6.07, 6.45) is 2.21. The molecule has 0 bridgehead atoms. The summed E-state index contributed by atoms with van der Waals surface area (Å²) in [5, 5.41) is 3.31. The molecular weight excluding hydrogens is 284 g/mol. The molecule has 5 heteroatoms. The van der Waals surface area contributed by atoms with Crippen LogP contribution < -0.4 is 10.0 Å². The van der Waals surface area contributed by atoms with Gasteiger partial charge in [0.1, 0.15) is 0 Å². The number of nitrogens with one attached hydrogen (secondary N) is 2. The van der Waals surface area contributed by atoms with Crippen molar-refractivity contribution in [2.75, 3.05) is 6.54 Å². The Morgan fingerprint density at radius 2 is 1.95 bits per heavy atom. The second-order valence-corrected chi connectivity index (χ2v) is 8.51. The van der Waals surface area contributed by atoms with Gasteiger partial charge in [-0.2, -0.15) is 0 Å². The summed E-state index contributed by atoms with van der Waals surface area (Å²) in [4.78, 5) is 0.398. The van der Waals surface area contributed by atoms with Crippen molar-refractivity contribution in [3.63, 3.8) is 0 Å². The van der Waals surface area contributed by atoms with E-state index >= 15 is 0 Å². The zero-order valence-corrected chi connectivity index (χ0v) is 14.2. The van der Waals surface area contributed by atoms with Gasteiger partial charge in [-0.3, -0.25) is 0 Å². The number of hydrogen-bond donors (Lipinski definition) is 2. The van der Waals surface area contributed by atoms with Gasteiger partial charge in [0.15, 0.2) is 0 Å². The van der Waals surface area contributed by atoms with Crippen molar-refractivity contribution in [2.24, 2.45) is 5.41 Å². The summed E-state index contributed by atoms with van der Waals surface area (Å²) in [5.74, 6) is 0. The number of hydrogen-bond acceptors (Lipinski definition) is 3. The normalized spacial score (nSPS) is 17.2. The van der Waals surface area contributed by atoms with Crippen LogP contribution in [0.1, 0.15) is 44.7 Å². The molecule has 0 amide bonds. The molecule has 1 aliphatic rings. The lowest BCUT2D eigenvalue weighted by molar-refractivity contribution is 0.530. The molecule has 118 valence electrons. The average Bonchev–Trinajstić information content (AvgIpc) is 3.14. The molecule has 0 unspecified atom stereocenters. The molecule has 0 saturated heterocycles. The summed E-state index contributed by atoms with van der Waals surface area (Å²) in [6.45, 7) is 9.31. The van der Waals surface area contributed by atoms with Crippen LogP contribution in [-0.2, 0) is 16.6 Å². The summed E-state index contributed by atoms with van der Waals surface area (Å²) < 4.78 is 27.7. The van der Waals surface area contributed by atoms with E-state index in [4.69, 9.17) is 0 Å². The van der Waals surface area contributed by atoms with Gasteiger partial charge in [-0.1, -0.05) is 32.9 Å². The van der Waals surface area contributed by atoms with E-state index in [1.807, 2.05) is 19.1 Å². The Morgan fingerprint density at radius 3 is 2.52 bits per heavy atom. The van der Waals surface area contributed by atoms with Gasteiger partial charge in [0, 0.05) is 19.1 Å². The maximum atomic E-state index is 12.5. The molecule has 0 heterocycles. The van der Waals surface area contributed by atoms with Crippen molar-refractivity contribution in [3.8, 4) is 0 Å². The molecule has 0 aromatic heterocycles. The van der Waals surface area contributed by atoms with E-state index in [2.05, 4.69) is 30.8 Å². The second kappa shape index (κ2) is 6.07. The fourth-order valence-corrected chi connectivity index (χ4v) is 3.60. The van der Waals surface area contributed by atoms with Crippen LogP contribution in [0.3, 0.4) is 0 Å². The van der Waals surface area contributed by atoms with Crippen LogP contribution in [-0.4, -0.2) is 21.0 Å². The van der Waals surface area contributed by atoms with Gasteiger partial charge in [-0.15, -0.1) is 0 Å². The summed E-state index contributed by atoms with van der Waals surface area (Å²) in [6, 6.07) is 6.01. The van der Waals surface area contributed by atoms with Crippen molar-refractivity contribution in [2.45, 2.75) is 58.0 Å². The molecule has 0 aliphatic heterocycles. The third-order valence-electron chi connectivity index (χ3n) is 4.05. The lowest BCUT2D eigenvalue weighted by atomic mass is 10.1. The predicted octanol–water partition coefficient (Wildman–Crippen LogP) is 2.57. The first-order valence-corrected chi connectivity index (χ1v) is 9.03. The quantitative estimate of drug-likeness (QED) is 0.814. The van der Waals surface area contributed by atoms with Gasteiger partial charge in [-0.25, -0.2) is 13.1 Å². The molecule has 0 atom stereocenters. The molecule has 1 fully saturated rings. The van der Waals surface area contributed by atoms with Gasteiger partial charge >= 0.3 is 0 Å². The standard InChI is InChI=1S/C16H26N2O2S/c1-12(2)17-10-14-6-5-13(3)15(9-14)21(19,20)18-11-16(4)7-8-16/h5-6,9,12,17-18H,7-8,10-11H2,1-4H3. The summed E-state index contributed by atoms with van der Waals surface area (Å²) in [5.41, 5.74) is 1.95. The van der Waals surface area contributed by atoms with Gasteiger partial charge in [0.25, 0.3) is 0 Å². The number of benzene rings is 1. The third-order valence-corrected chi connectivity index (χ3v) is 5.59. The molecule has 1 aromatic carbocycles. The molecule has 2 N–H and O–H groups in total. The fraction of sp³-hybridized carbons (Fsp3) is 0.625. The van der Waals surface area contributed by atoms with E-state index in [0.717, 1.165) is 24.0 Å². The molecule has 0 radical (unpaired) electrons. The number of rotatable bonds is 7.